The molecule has 3 atom stereocenters. The molecule has 3 N–H and O–H groups in total. The van der Waals surface area contributed by atoms with Gasteiger partial charge in [0.1, 0.15) is 18.7 Å². The number of allylic oxidation sites excluding steroid dienone is 1. The van der Waals surface area contributed by atoms with Gasteiger partial charge in [0.15, 0.2) is 0 Å². The quantitative estimate of drug-likeness (QED) is 0.258. The number of carbonyl (C=O) groups is 4. The smallest absolute Gasteiger partial charge is 0.408 e. The topological polar surface area (TPSA) is 128 Å². The maximum atomic E-state index is 13.3. The van der Waals surface area contributed by atoms with E-state index >= 15 is 0 Å². The van der Waals surface area contributed by atoms with Crippen LogP contribution >= 0.6 is 0 Å². The highest BCUT2D eigenvalue weighted by molar-refractivity contribution is 5.92. The van der Waals surface area contributed by atoms with E-state index in [4.69, 9.17) is 15.2 Å². The van der Waals surface area contributed by atoms with Crippen molar-refractivity contribution in [3.63, 3.8) is 0 Å². The number of hydrogen-bond donors (Lipinski definition) is 2. The Kier molecular flexibility index (Phi) is 10.3. The highest BCUT2D eigenvalue weighted by atomic mass is 16.5. The van der Waals surface area contributed by atoms with Gasteiger partial charge >= 0.3 is 12.1 Å². The van der Waals surface area contributed by atoms with Gasteiger partial charge in [-0.15, -0.1) is 0 Å². The molecular formula is C28H33N3O6. The van der Waals surface area contributed by atoms with E-state index in [1.54, 1.807) is 6.08 Å². The summed E-state index contributed by atoms with van der Waals surface area (Å²) < 4.78 is 10.6. The Morgan fingerprint density at radius 1 is 1.08 bits per heavy atom. The SMILES string of the molecule is CC1C[C@H](NC(=O)OCc2ccccc2)C(=O)N1[C@@H](Cc1ccccc1)C(=O)O/C=C\CCCC(N)=O. The van der Waals surface area contributed by atoms with Crippen molar-refractivity contribution in [2.24, 2.45) is 5.73 Å². The third-order valence-corrected chi connectivity index (χ3v) is 6.06. The van der Waals surface area contributed by atoms with Gasteiger partial charge in [0.2, 0.25) is 11.8 Å². The Hall–Kier alpha value is -4.14. The fraction of sp³-hybridized carbons (Fsp3) is 0.357. The summed E-state index contributed by atoms with van der Waals surface area (Å²) >= 11 is 0. The molecular weight excluding hydrogens is 474 g/mol. The van der Waals surface area contributed by atoms with Crippen molar-refractivity contribution in [2.45, 2.75) is 63.8 Å². The number of rotatable bonds is 12. The average Bonchev–Trinajstić information content (AvgIpc) is 3.16. The molecule has 0 radical (unpaired) electrons. The Morgan fingerprint density at radius 3 is 2.38 bits per heavy atom. The fourth-order valence-corrected chi connectivity index (χ4v) is 4.23. The van der Waals surface area contributed by atoms with Gasteiger partial charge in [-0.1, -0.05) is 60.7 Å². The number of nitrogens with one attached hydrogen (secondary N) is 1. The van der Waals surface area contributed by atoms with E-state index < -0.39 is 24.1 Å². The van der Waals surface area contributed by atoms with Crippen molar-refractivity contribution in [2.75, 3.05) is 0 Å². The second-order valence-electron chi connectivity index (χ2n) is 8.96. The largest absolute Gasteiger partial charge is 0.445 e. The summed E-state index contributed by atoms with van der Waals surface area (Å²) in [5, 5.41) is 2.64. The number of primary amides is 1. The number of carbonyl (C=O) groups excluding carboxylic acids is 4. The Balaban J connectivity index is 1.64. The zero-order valence-electron chi connectivity index (χ0n) is 20.9. The summed E-state index contributed by atoms with van der Waals surface area (Å²) in [6, 6.07) is 16.6. The Bertz CT molecular complexity index is 1090. The van der Waals surface area contributed by atoms with Crippen molar-refractivity contribution < 1.29 is 28.7 Å². The number of nitrogens with zero attached hydrogens (tertiary/aromatic N) is 1. The van der Waals surface area contributed by atoms with Crippen LogP contribution in [0, 0.1) is 0 Å². The lowest BCUT2D eigenvalue weighted by molar-refractivity contribution is -0.150. The van der Waals surface area contributed by atoms with Crippen molar-refractivity contribution in [3.05, 3.63) is 84.1 Å². The maximum absolute atomic E-state index is 13.3. The molecule has 0 spiro atoms. The van der Waals surface area contributed by atoms with Crippen LogP contribution < -0.4 is 11.1 Å². The van der Waals surface area contributed by atoms with Crippen LogP contribution in [0.3, 0.4) is 0 Å². The molecule has 1 aliphatic rings. The second-order valence-corrected chi connectivity index (χ2v) is 8.96. The van der Waals surface area contributed by atoms with Gasteiger partial charge in [0, 0.05) is 18.9 Å². The highest BCUT2D eigenvalue weighted by Crippen LogP contribution is 2.25. The molecule has 0 aromatic heterocycles. The molecule has 9 nitrogen and oxygen atoms in total. The van der Waals surface area contributed by atoms with Crippen LogP contribution in [0.15, 0.2) is 73.0 Å². The molecule has 3 rings (SSSR count). The molecule has 1 fully saturated rings. The minimum absolute atomic E-state index is 0.0849. The van der Waals surface area contributed by atoms with Crippen LogP contribution in [0.25, 0.3) is 0 Å². The summed E-state index contributed by atoms with van der Waals surface area (Å²) in [6.45, 7) is 1.92. The molecule has 37 heavy (non-hydrogen) atoms. The first-order chi connectivity index (χ1) is 17.8. The third-order valence-electron chi connectivity index (χ3n) is 6.06. The van der Waals surface area contributed by atoms with Crippen LogP contribution in [0.2, 0.25) is 0 Å². The molecule has 0 bridgehead atoms. The third kappa shape index (κ3) is 8.49. The van der Waals surface area contributed by atoms with E-state index in [0.717, 1.165) is 11.1 Å². The molecule has 1 aliphatic heterocycles. The van der Waals surface area contributed by atoms with Crippen LogP contribution in [-0.2, 0) is 36.9 Å². The predicted molar refractivity (Wildman–Crippen MR) is 137 cm³/mol. The lowest BCUT2D eigenvalue weighted by atomic mass is 10.0. The minimum atomic E-state index is -0.882. The molecule has 196 valence electrons. The predicted octanol–water partition coefficient (Wildman–Crippen LogP) is 3.23. The maximum Gasteiger partial charge on any atom is 0.408 e. The molecule has 0 saturated carbocycles. The fourth-order valence-electron chi connectivity index (χ4n) is 4.23. The normalized spacial score (nSPS) is 18.0. The van der Waals surface area contributed by atoms with Crippen LogP contribution in [0.4, 0.5) is 4.79 Å². The summed E-state index contributed by atoms with van der Waals surface area (Å²) in [6.07, 6.45) is 4.14. The second kappa shape index (κ2) is 13.8. The molecule has 1 heterocycles. The first kappa shape index (κ1) is 27.4. The number of ether oxygens (including phenoxy) is 2. The molecule has 2 aromatic carbocycles. The number of likely N-dealkylation sites (tertiary alicyclic amines) is 1. The zero-order chi connectivity index (χ0) is 26.6. The van der Waals surface area contributed by atoms with Crippen molar-refractivity contribution in [3.8, 4) is 0 Å². The number of esters is 1. The van der Waals surface area contributed by atoms with E-state index in [0.29, 0.717) is 19.3 Å². The molecule has 1 unspecified atom stereocenters. The first-order valence-electron chi connectivity index (χ1n) is 12.3. The number of amides is 3. The van der Waals surface area contributed by atoms with Crippen molar-refractivity contribution >= 4 is 23.9 Å². The number of unbranched alkanes of at least 4 members (excludes halogenated alkanes) is 1. The Labute approximate surface area is 216 Å². The zero-order valence-corrected chi connectivity index (χ0v) is 20.9. The average molecular weight is 508 g/mol. The van der Waals surface area contributed by atoms with Gasteiger partial charge in [0.25, 0.3) is 0 Å². The van der Waals surface area contributed by atoms with Crippen LogP contribution in [0.1, 0.15) is 43.7 Å². The van der Waals surface area contributed by atoms with Crippen LogP contribution in [0.5, 0.6) is 0 Å². The molecule has 1 saturated heterocycles. The Morgan fingerprint density at radius 2 is 1.73 bits per heavy atom. The van der Waals surface area contributed by atoms with Gasteiger partial charge in [0.05, 0.1) is 6.26 Å². The van der Waals surface area contributed by atoms with E-state index in [-0.39, 0.29) is 37.3 Å². The lowest BCUT2D eigenvalue weighted by Crippen LogP contribution is -2.50. The monoisotopic (exact) mass is 507 g/mol. The summed E-state index contributed by atoms with van der Waals surface area (Å²) in [5.74, 6) is -1.34. The number of benzene rings is 2. The molecule has 9 heteroatoms. The number of nitrogens with two attached hydrogens (primary N) is 1. The minimum Gasteiger partial charge on any atom is -0.445 e. The van der Waals surface area contributed by atoms with Crippen LogP contribution in [-0.4, -0.2) is 46.9 Å². The summed E-state index contributed by atoms with van der Waals surface area (Å²) in [4.78, 5) is 51.1. The van der Waals surface area contributed by atoms with Gasteiger partial charge in [-0.3, -0.25) is 9.59 Å². The van der Waals surface area contributed by atoms with E-state index in [1.165, 1.54) is 11.2 Å². The summed E-state index contributed by atoms with van der Waals surface area (Å²) in [5.41, 5.74) is 6.83. The van der Waals surface area contributed by atoms with Crippen molar-refractivity contribution in [1.29, 1.82) is 0 Å². The van der Waals surface area contributed by atoms with E-state index in [2.05, 4.69) is 5.32 Å². The molecule has 2 aromatic rings. The van der Waals surface area contributed by atoms with Gasteiger partial charge in [-0.2, -0.15) is 0 Å². The highest BCUT2D eigenvalue weighted by Gasteiger charge is 2.44. The van der Waals surface area contributed by atoms with Crippen molar-refractivity contribution in [1.82, 2.24) is 10.2 Å². The molecule has 3 amide bonds. The molecule has 0 aliphatic carbocycles. The van der Waals surface area contributed by atoms with E-state index in [1.807, 2.05) is 67.6 Å². The van der Waals surface area contributed by atoms with Gasteiger partial charge in [-0.05, 0) is 43.4 Å². The standard InChI is InChI=1S/C28H33N3O6/c1-20-17-23(30-28(35)37-19-22-13-7-3-8-14-22)26(33)31(20)24(18-21-11-5-2-6-12-21)27(34)36-16-10-4-9-15-25(29)32/h2-3,5-8,10-14,16,20,23-24H,4,9,15,17-19H2,1H3,(H2,29,32)(H,30,35)/b16-10-/t20?,23-,24-/m0/s1. The van der Waals surface area contributed by atoms with Gasteiger partial charge in [-0.25, -0.2) is 9.59 Å². The van der Waals surface area contributed by atoms with E-state index in [9.17, 15) is 19.2 Å². The summed E-state index contributed by atoms with van der Waals surface area (Å²) in [7, 11) is 0. The number of hydrogen-bond acceptors (Lipinski definition) is 6. The number of alkyl carbamates (subject to hydrolysis) is 1. The first-order valence-corrected chi connectivity index (χ1v) is 12.3. The lowest BCUT2D eigenvalue weighted by Gasteiger charge is -2.29. The van der Waals surface area contributed by atoms with Gasteiger partial charge < -0.3 is 25.4 Å².